The van der Waals surface area contributed by atoms with Crippen molar-refractivity contribution in [1.29, 1.82) is 0 Å². The number of phenols is 1. The van der Waals surface area contributed by atoms with E-state index in [1.807, 2.05) is 27.7 Å². The number of hydrogen-bond acceptors (Lipinski definition) is 15. The highest BCUT2D eigenvalue weighted by molar-refractivity contribution is 5.98. The average molecular weight is 1180 g/mol. The number of nitrogens with one attached hydrogen (secondary N) is 4. The molecule has 24 nitrogen and oxygen atoms in total. The SMILES string of the molecule is CC(C)C[C@H](CC(=O)[C@H](CC(C)C)NC(=O)[C@H](CCCCN)CC(=O)[C@H](CCCN=C(N)N)NC(=O)[C@@H](CC(=O)[C@H](CCC(N)=O)NC(=O)[C@@H](C)CCC(N)=O)Cc1ccc(O)cc1)C(=O)N[C@@H](Cc1ccccc1)C(=O)C[C@@H](CO)C(N)=O. The monoisotopic (exact) mass is 1180 g/mol. The van der Waals surface area contributed by atoms with Crippen LogP contribution in [0.3, 0.4) is 0 Å². The van der Waals surface area contributed by atoms with E-state index in [1.54, 1.807) is 42.5 Å². The van der Waals surface area contributed by atoms with Gasteiger partial charge in [-0.25, -0.2) is 0 Å². The number of phenolic OH excluding ortho intramolecular Hbond substituents is 1. The number of unbranched alkanes of at least 4 members (excludes halogenated alkanes) is 1. The van der Waals surface area contributed by atoms with Crippen LogP contribution in [-0.4, -0.2) is 125 Å². The molecule has 0 bridgehead atoms. The second kappa shape index (κ2) is 38.3. The number of nitrogens with two attached hydrogens (primary N) is 6. The molecule has 0 aliphatic heterocycles. The number of aliphatic imine (C=N–C) groups is 1. The van der Waals surface area contributed by atoms with Crippen LogP contribution < -0.4 is 55.7 Å². The van der Waals surface area contributed by atoms with Crippen LogP contribution in [0.4, 0.5) is 0 Å². The van der Waals surface area contributed by atoms with Crippen LogP contribution in [-0.2, 0) is 65.6 Å². The molecule has 84 heavy (non-hydrogen) atoms. The maximum Gasteiger partial charge on any atom is 0.224 e. The molecular weight excluding hydrogens is 1080 g/mol. The molecule has 0 aliphatic carbocycles. The van der Waals surface area contributed by atoms with E-state index in [4.69, 9.17) is 34.4 Å². The first-order valence-corrected chi connectivity index (χ1v) is 29.0. The molecule has 2 aromatic rings. The van der Waals surface area contributed by atoms with Gasteiger partial charge in [0.2, 0.25) is 41.4 Å². The van der Waals surface area contributed by atoms with Gasteiger partial charge in [-0.1, -0.05) is 83.5 Å². The van der Waals surface area contributed by atoms with Gasteiger partial charge >= 0.3 is 0 Å². The number of nitrogens with zero attached hydrogens (tertiary/aromatic N) is 1. The summed E-state index contributed by atoms with van der Waals surface area (Å²) in [6.07, 6.45) is -0.758. The lowest BCUT2D eigenvalue weighted by Gasteiger charge is -2.27. The quantitative estimate of drug-likeness (QED) is 0.0253. The maximum atomic E-state index is 14.7. The van der Waals surface area contributed by atoms with Crippen molar-refractivity contribution in [1.82, 2.24) is 21.3 Å². The minimum absolute atomic E-state index is 0.0302. The summed E-state index contributed by atoms with van der Waals surface area (Å²) in [7, 11) is 0. The van der Waals surface area contributed by atoms with Crippen molar-refractivity contribution >= 4 is 70.4 Å². The van der Waals surface area contributed by atoms with Crippen molar-refractivity contribution in [2.45, 2.75) is 168 Å². The molecule has 18 N–H and O–H groups in total. The van der Waals surface area contributed by atoms with Crippen molar-refractivity contribution in [2.24, 2.45) is 80.8 Å². The molecule has 0 aliphatic rings. The number of benzene rings is 2. The Morgan fingerprint density at radius 3 is 1.52 bits per heavy atom. The highest BCUT2D eigenvalue weighted by atomic mass is 16.3. The van der Waals surface area contributed by atoms with E-state index in [2.05, 4.69) is 26.3 Å². The molecule has 0 heterocycles. The van der Waals surface area contributed by atoms with Gasteiger partial charge in [0.15, 0.2) is 29.1 Å². The van der Waals surface area contributed by atoms with Crippen molar-refractivity contribution in [2.75, 3.05) is 19.7 Å². The number of aromatic hydroxyl groups is 1. The third-order valence-electron chi connectivity index (χ3n) is 14.4. The topological polar surface area (TPSA) is 445 Å². The molecule has 466 valence electrons. The lowest BCUT2D eigenvalue weighted by molar-refractivity contribution is -0.136. The van der Waals surface area contributed by atoms with Crippen LogP contribution in [0.25, 0.3) is 0 Å². The first-order valence-electron chi connectivity index (χ1n) is 29.0. The number of carbonyl (C=O) groups is 11. The van der Waals surface area contributed by atoms with Crippen molar-refractivity contribution in [3.8, 4) is 5.75 Å². The number of amides is 7. The smallest absolute Gasteiger partial charge is 0.224 e. The second-order valence-corrected chi connectivity index (χ2v) is 22.8. The van der Waals surface area contributed by atoms with E-state index in [0.29, 0.717) is 24.0 Å². The molecule has 0 fully saturated rings. The lowest BCUT2D eigenvalue weighted by atomic mass is 9.86. The van der Waals surface area contributed by atoms with Gasteiger partial charge in [0.1, 0.15) is 5.75 Å². The number of guanidine groups is 1. The summed E-state index contributed by atoms with van der Waals surface area (Å²) < 4.78 is 0. The molecule has 7 amide bonds. The molecule has 24 heteroatoms. The number of aliphatic hydroxyl groups excluding tert-OH is 1. The summed E-state index contributed by atoms with van der Waals surface area (Å²) in [5.74, 6) is -12.8. The number of hydrogen-bond donors (Lipinski definition) is 12. The lowest BCUT2D eigenvalue weighted by Crippen LogP contribution is -2.49. The van der Waals surface area contributed by atoms with E-state index < -0.39 is 144 Å². The minimum Gasteiger partial charge on any atom is -0.508 e. The maximum absolute atomic E-state index is 14.7. The van der Waals surface area contributed by atoms with E-state index in [9.17, 15) is 63.0 Å². The van der Waals surface area contributed by atoms with E-state index >= 15 is 0 Å². The summed E-state index contributed by atoms with van der Waals surface area (Å²) in [4.78, 5) is 153. The third kappa shape index (κ3) is 28.6. The Bertz CT molecular complexity index is 2520. The van der Waals surface area contributed by atoms with Crippen LogP contribution in [0.2, 0.25) is 0 Å². The fourth-order valence-electron chi connectivity index (χ4n) is 9.61. The molecule has 0 saturated heterocycles. The summed E-state index contributed by atoms with van der Waals surface area (Å²) in [6, 6.07) is 9.86. The number of carbonyl (C=O) groups excluding carboxylic acids is 11. The largest absolute Gasteiger partial charge is 0.508 e. The van der Waals surface area contributed by atoms with Crippen LogP contribution >= 0.6 is 0 Å². The first-order chi connectivity index (χ1) is 39.6. The molecule has 0 aromatic heterocycles. The van der Waals surface area contributed by atoms with Crippen LogP contribution in [0.5, 0.6) is 5.75 Å². The Kier molecular flexibility index (Phi) is 33.1. The highest BCUT2D eigenvalue weighted by Crippen LogP contribution is 2.24. The Morgan fingerprint density at radius 2 is 0.964 bits per heavy atom. The number of aliphatic hydroxyl groups is 1. The minimum atomic E-state index is -1.29. The molecule has 0 spiro atoms. The Morgan fingerprint density at radius 1 is 0.488 bits per heavy atom. The molecule has 9 atom stereocenters. The Balaban J connectivity index is 2.57. The van der Waals surface area contributed by atoms with Gasteiger partial charge in [0.25, 0.3) is 0 Å². The Labute approximate surface area is 493 Å². The zero-order chi connectivity index (χ0) is 63.1. The van der Waals surface area contributed by atoms with Gasteiger partial charge in [-0.3, -0.25) is 57.7 Å². The molecular formula is C60H93N11O13. The van der Waals surface area contributed by atoms with Gasteiger partial charge in [-0.15, -0.1) is 0 Å². The molecule has 2 aromatic carbocycles. The van der Waals surface area contributed by atoms with Crippen molar-refractivity contribution in [3.05, 3.63) is 65.7 Å². The fraction of sp³-hybridized carbons (Fsp3) is 0.600. The van der Waals surface area contributed by atoms with E-state index in [0.717, 1.165) is 0 Å². The molecule has 0 saturated carbocycles. The number of Topliss-reactive ketones (excluding diaryl/α,β-unsaturated/α-hetero) is 4. The third-order valence-corrected chi connectivity index (χ3v) is 14.4. The zero-order valence-electron chi connectivity index (χ0n) is 49.5. The predicted molar refractivity (Wildman–Crippen MR) is 316 cm³/mol. The van der Waals surface area contributed by atoms with E-state index in [1.165, 1.54) is 19.1 Å². The van der Waals surface area contributed by atoms with Crippen LogP contribution in [0.1, 0.15) is 142 Å². The predicted octanol–water partition coefficient (Wildman–Crippen LogP) is 1.34. The number of rotatable bonds is 44. The molecule has 2 rings (SSSR count). The van der Waals surface area contributed by atoms with Crippen molar-refractivity contribution < 1.29 is 63.0 Å². The fourth-order valence-corrected chi connectivity index (χ4v) is 9.61. The molecule has 0 unspecified atom stereocenters. The van der Waals surface area contributed by atoms with Gasteiger partial charge in [-0.2, -0.15) is 0 Å². The van der Waals surface area contributed by atoms with Gasteiger partial charge in [-0.05, 0) is 106 Å². The van der Waals surface area contributed by atoms with Crippen LogP contribution in [0.15, 0.2) is 59.6 Å². The number of primary amides is 3. The van der Waals surface area contributed by atoms with E-state index in [-0.39, 0.29) is 114 Å². The van der Waals surface area contributed by atoms with Crippen molar-refractivity contribution in [3.63, 3.8) is 0 Å². The zero-order valence-corrected chi connectivity index (χ0v) is 49.5. The normalized spacial score (nSPS) is 14.5. The van der Waals surface area contributed by atoms with Gasteiger partial charge < -0.3 is 65.9 Å². The highest BCUT2D eigenvalue weighted by Gasteiger charge is 2.36. The summed E-state index contributed by atoms with van der Waals surface area (Å²) in [5, 5.41) is 31.0. The van der Waals surface area contributed by atoms with Gasteiger partial charge in [0, 0.05) is 68.7 Å². The Hall–Kier alpha value is -7.60. The second-order valence-electron chi connectivity index (χ2n) is 22.8. The van der Waals surface area contributed by atoms with Gasteiger partial charge in [0.05, 0.1) is 36.7 Å². The summed E-state index contributed by atoms with van der Waals surface area (Å²) in [6.45, 7) is 8.61. The van der Waals surface area contributed by atoms with Crippen LogP contribution in [0, 0.1) is 41.4 Å². The average Bonchev–Trinajstić information content (AvgIpc) is 3.65. The summed E-state index contributed by atoms with van der Waals surface area (Å²) >= 11 is 0. The first kappa shape index (κ1) is 72.5. The molecule has 0 radical (unpaired) electrons. The number of ketones is 4. The standard InChI is InChI=1S/C60H93N11O13/c1-35(2)26-41(58(83)71-48(29-38-12-7-6-8-13-38)52(77)33-43(34-72)55(64)80)31-51(76)47(27-36(3)4)70-57(82)40(14-9-10-24-61)30-49(74)45(15-11-25-67-60(65)66)69-59(84)42(28-39-17-19-44(73)20-18-39)32-50(75)46(21-23-54(63)79)68-56(81)37(5)16-22-53(62)78/h6-8,12-13,17-20,35-37,40-43,45-48,72-73H,9-11,14-16,21-34,61H2,1-5H3,(H2,62,78)(H2,63,79)(H2,64,80)(H,68,81)(H,69,84)(H,70,82)(H,71,83)(H4,65,66,67)/t37-,40+,41+,42+,43-,45-,46-,47-,48-/m0/s1. The summed E-state index contributed by atoms with van der Waals surface area (Å²) in [5.41, 5.74) is 34.4.